The zero-order valence-corrected chi connectivity index (χ0v) is 8.05. The zero-order valence-electron chi connectivity index (χ0n) is 8.05. The van der Waals surface area contributed by atoms with Crippen molar-refractivity contribution in [2.45, 2.75) is 25.4 Å². The number of methoxy groups -OCH3 is 1. The molecule has 3 heteroatoms. The molecule has 0 spiro atoms. The van der Waals surface area contributed by atoms with Gasteiger partial charge >= 0.3 is 0 Å². The number of hydrogen-bond acceptors (Lipinski definition) is 3. The van der Waals surface area contributed by atoms with E-state index >= 15 is 0 Å². The van der Waals surface area contributed by atoms with E-state index in [1.54, 1.807) is 7.11 Å². The van der Waals surface area contributed by atoms with Gasteiger partial charge in [-0.05, 0) is 6.42 Å². The first-order valence-corrected chi connectivity index (χ1v) is 4.64. The summed E-state index contributed by atoms with van der Waals surface area (Å²) < 4.78 is 4.95. The summed E-state index contributed by atoms with van der Waals surface area (Å²) in [6, 6.07) is 0. The number of rotatable bonds is 5. The Labute approximate surface area is 74.3 Å². The van der Waals surface area contributed by atoms with E-state index in [9.17, 15) is 5.11 Å². The molecule has 0 saturated carbocycles. The third kappa shape index (κ3) is 2.44. The van der Waals surface area contributed by atoms with Crippen molar-refractivity contribution < 1.29 is 9.84 Å². The van der Waals surface area contributed by atoms with E-state index in [2.05, 4.69) is 11.8 Å². The maximum atomic E-state index is 9.80. The van der Waals surface area contributed by atoms with Gasteiger partial charge in [-0.15, -0.1) is 0 Å². The highest BCUT2D eigenvalue weighted by molar-refractivity contribution is 4.94. The molecule has 72 valence electrons. The number of hydrogen-bond donors (Lipinski definition) is 1. The molecular formula is C9H19NO2. The van der Waals surface area contributed by atoms with Crippen LogP contribution in [0.2, 0.25) is 0 Å². The van der Waals surface area contributed by atoms with Crippen LogP contribution in [0.1, 0.15) is 19.8 Å². The van der Waals surface area contributed by atoms with E-state index < -0.39 is 0 Å². The van der Waals surface area contributed by atoms with Crippen LogP contribution in [0.3, 0.4) is 0 Å². The summed E-state index contributed by atoms with van der Waals surface area (Å²) in [4.78, 5) is 2.22. The molecule has 0 aromatic heterocycles. The van der Waals surface area contributed by atoms with Gasteiger partial charge < -0.3 is 9.84 Å². The minimum atomic E-state index is -0.386. The van der Waals surface area contributed by atoms with E-state index in [4.69, 9.17) is 4.74 Å². The molecule has 0 radical (unpaired) electrons. The average Bonchev–Trinajstić information content (AvgIpc) is 1.97. The fourth-order valence-electron chi connectivity index (χ4n) is 1.79. The molecular weight excluding hydrogens is 154 g/mol. The molecule has 1 aliphatic heterocycles. The Balaban J connectivity index is 2.09. The lowest BCUT2D eigenvalue weighted by atomic mass is 9.89. The Hall–Kier alpha value is -0.120. The topological polar surface area (TPSA) is 32.7 Å². The summed E-state index contributed by atoms with van der Waals surface area (Å²) in [6.45, 7) is 5.47. The standard InChI is InChI=1S/C9H19NO2/c1-3-4-9(11)7-10(8-9)5-6-12-2/h11H,3-8H2,1-2H3. The predicted molar refractivity (Wildman–Crippen MR) is 48.2 cm³/mol. The number of nitrogens with zero attached hydrogens (tertiary/aromatic N) is 1. The first kappa shape index (κ1) is 9.96. The number of β-amino-alcohol motifs (C(OH)–C–C–N with tert-alkyl or cyclic N) is 1. The maximum absolute atomic E-state index is 9.80. The first-order chi connectivity index (χ1) is 5.70. The summed E-state index contributed by atoms with van der Waals surface area (Å²) in [5.41, 5.74) is -0.386. The van der Waals surface area contributed by atoms with Crippen LogP contribution in [0.25, 0.3) is 0 Å². The molecule has 0 atom stereocenters. The van der Waals surface area contributed by atoms with Crippen molar-refractivity contribution >= 4 is 0 Å². The van der Waals surface area contributed by atoms with E-state index in [0.29, 0.717) is 0 Å². The van der Waals surface area contributed by atoms with Gasteiger partial charge in [0.15, 0.2) is 0 Å². The largest absolute Gasteiger partial charge is 0.387 e. The molecule has 1 rings (SSSR count). The average molecular weight is 173 g/mol. The van der Waals surface area contributed by atoms with E-state index in [-0.39, 0.29) is 5.60 Å². The van der Waals surface area contributed by atoms with Crippen LogP contribution in [-0.4, -0.2) is 49.0 Å². The van der Waals surface area contributed by atoms with Crippen molar-refractivity contribution in [1.82, 2.24) is 4.90 Å². The summed E-state index contributed by atoms with van der Waals surface area (Å²) >= 11 is 0. The molecule has 0 bridgehead atoms. The van der Waals surface area contributed by atoms with Crippen LogP contribution >= 0.6 is 0 Å². The third-order valence-electron chi connectivity index (χ3n) is 2.36. The SMILES string of the molecule is CCCC1(O)CN(CCOC)C1. The summed E-state index contributed by atoms with van der Waals surface area (Å²) in [6.07, 6.45) is 1.99. The molecule has 1 saturated heterocycles. The second kappa shape index (κ2) is 4.21. The number of likely N-dealkylation sites (tertiary alicyclic amines) is 1. The molecule has 1 fully saturated rings. The Bertz CT molecular complexity index is 132. The van der Waals surface area contributed by atoms with Crippen molar-refractivity contribution in [2.24, 2.45) is 0 Å². The first-order valence-electron chi connectivity index (χ1n) is 4.64. The summed E-state index contributed by atoms with van der Waals surface area (Å²) in [5.74, 6) is 0. The lowest BCUT2D eigenvalue weighted by molar-refractivity contribution is -0.107. The lowest BCUT2D eigenvalue weighted by Gasteiger charge is -2.46. The fourth-order valence-corrected chi connectivity index (χ4v) is 1.79. The Kier molecular flexibility index (Phi) is 3.50. The summed E-state index contributed by atoms with van der Waals surface area (Å²) in [7, 11) is 1.71. The van der Waals surface area contributed by atoms with Crippen molar-refractivity contribution in [2.75, 3.05) is 33.4 Å². The van der Waals surface area contributed by atoms with Crippen LogP contribution in [0, 0.1) is 0 Å². The Morgan fingerprint density at radius 1 is 1.50 bits per heavy atom. The molecule has 12 heavy (non-hydrogen) atoms. The van der Waals surface area contributed by atoms with Crippen LogP contribution < -0.4 is 0 Å². The van der Waals surface area contributed by atoms with Gasteiger partial charge in [0.1, 0.15) is 0 Å². The zero-order chi connectivity index (χ0) is 9.03. The smallest absolute Gasteiger partial charge is 0.0900 e. The molecule has 0 unspecified atom stereocenters. The van der Waals surface area contributed by atoms with Crippen LogP contribution in [0.5, 0.6) is 0 Å². The lowest BCUT2D eigenvalue weighted by Crippen LogP contribution is -2.62. The van der Waals surface area contributed by atoms with Crippen molar-refractivity contribution in [1.29, 1.82) is 0 Å². The predicted octanol–water partition coefficient (Wildman–Crippen LogP) is 0.480. The molecule has 0 aromatic carbocycles. The van der Waals surface area contributed by atoms with E-state index in [1.807, 2.05) is 0 Å². The van der Waals surface area contributed by atoms with Crippen molar-refractivity contribution in [3.8, 4) is 0 Å². The van der Waals surface area contributed by atoms with Gasteiger partial charge in [-0.25, -0.2) is 0 Å². The second-order valence-electron chi connectivity index (χ2n) is 3.68. The van der Waals surface area contributed by atoms with E-state index in [1.165, 1.54) is 0 Å². The second-order valence-corrected chi connectivity index (χ2v) is 3.68. The third-order valence-corrected chi connectivity index (χ3v) is 2.36. The highest BCUT2D eigenvalue weighted by Gasteiger charge is 2.39. The van der Waals surface area contributed by atoms with Gasteiger partial charge in [-0.3, -0.25) is 4.90 Å². The molecule has 1 N–H and O–H groups in total. The fraction of sp³-hybridized carbons (Fsp3) is 1.00. The molecule has 0 aliphatic carbocycles. The Morgan fingerprint density at radius 3 is 2.67 bits per heavy atom. The number of aliphatic hydroxyl groups is 1. The highest BCUT2D eigenvalue weighted by atomic mass is 16.5. The van der Waals surface area contributed by atoms with Crippen molar-refractivity contribution in [3.05, 3.63) is 0 Å². The van der Waals surface area contributed by atoms with Crippen LogP contribution in [0.15, 0.2) is 0 Å². The highest BCUT2D eigenvalue weighted by Crippen LogP contribution is 2.24. The van der Waals surface area contributed by atoms with Gasteiger partial charge in [0.2, 0.25) is 0 Å². The normalized spacial score (nSPS) is 22.2. The minimum Gasteiger partial charge on any atom is -0.387 e. The van der Waals surface area contributed by atoms with Gasteiger partial charge in [0.25, 0.3) is 0 Å². The molecule has 1 aliphatic rings. The monoisotopic (exact) mass is 173 g/mol. The molecule has 1 heterocycles. The van der Waals surface area contributed by atoms with E-state index in [0.717, 1.165) is 39.1 Å². The molecule has 3 nitrogen and oxygen atoms in total. The van der Waals surface area contributed by atoms with Gasteiger partial charge in [-0.1, -0.05) is 13.3 Å². The summed E-state index contributed by atoms with van der Waals surface area (Å²) in [5, 5.41) is 9.80. The van der Waals surface area contributed by atoms with Gasteiger partial charge in [0, 0.05) is 26.7 Å². The molecule has 0 amide bonds. The molecule has 0 aromatic rings. The van der Waals surface area contributed by atoms with Crippen molar-refractivity contribution in [3.63, 3.8) is 0 Å². The number of ether oxygens (including phenoxy) is 1. The maximum Gasteiger partial charge on any atom is 0.0900 e. The quantitative estimate of drug-likeness (QED) is 0.656. The Morgan fingerprint density at radius 2 is 2.17 bits per heavy atom. The minimum absolute atomic E-state index is 0.386. The van der Waals surface area contributed by atoms with Crippen LogP contribution in [0.4, 0.5) is 0 Å². The van der Waals surface area contributed by atoms with Gasteiger partial charge in [0.05, 0.1) is 12.2 Å². The van der Waals surface area contributed by atoms with Gasteiger partial charge in [-0.2, -0.15) is 0 Å². The van der Waals surface area contributed by atoms with Crippen LogP contribution in [-0.2, 0) is 4.74 Å².